The van der Waals surface area contributed by atoms with Crippen molar-refractivity contribution in [1.29, 1.82) is 0 Å². The zero-order valence-corrected chi connectivity index (χ0v) is 17.1. The number of nitrogens with zero attached hydrogens (tertiary/aromatic N) is 2. The highest BCUT2D eigenvalue weighted by molar-refractivity contribution is 7.99. The Labute approximate surface area is 181 Å². The van der Waals surface area contributed by atoms with Crippen LogP contribution in [0.4, 0.5) is 17.6 Å². The van der Waals surface area contributed by atoms with E-state index in [0.717, 1.165) is 30.0 Å². The number of aryl methyl sites for hydroxylation is 1. The van der Waals surface area contributed by atoms with Crippen LogP contribution in [0.15, 0.2) is 77.1 Å². The molecule has 0 radical (unpaired) electrons. The lowest BCUT2D eigenvalue weighted by molar-refractivity contribution is -0.137. The van der Waals surface area contributed by atoms with Crippen molar-refractivity contribution in [2.24, 2.45) is 0 Å². The molecular weight excluding hydrogens is 430 g/mol. The van der Waals surface area contributed by atoms with E-state index in [1.54, 1.807) is 18.7 Å². The number of alkyl halides is 3. The number of hydrogen-bond donors (Lipinski definition) is 1. The minimum atomic E-state index is -4.58. The van der Waals surface area contributed by atoms with E-state index in [-0.39, 0.29) is 5.56 Å². The average molecular weight is 449 g/mol. The molecule has 0 aliphatic rings. The Hall–Kier alpha value is -3.07. The van der Waals surface area contributed by atoms with Gasteiger partial charge in [-0.25, -0.2) is 9.37 Å². The van der Waals surface area contributed by atoms with E-state index in [1.165, 1.54) is 36.4 Å². The first-order valence-corrected chi connectivity index (χ1v) is 10.2. The molecule has 2 aromatic carbocycles. The fourth-order valence-electron chi connectivity index (χ4n) is 2.75. The number of halogens is 4. The summed E-state index contributed by atoms with van der Waals surface area (Å²) in [4.78, 5) is 16.8. The number of carbonyl (C=O) groups is 1. The van der Waals surface area contributed by atoms with Crippen LogP contribution in [0, 0.1) is 5.82 Å². The quantitative estimate of drug-likeness (QED) is 0.284. The number of benzene rings is 2. The summed E-state index contributed by atoms with van der Waals surface area (Å²) in [7, 11) is 0. The first-order valence-electron chi connectivity index (χ1n) is 9.37. The molecule has 31 heavy (non-hydrogen) atoms. The molecule has 1 N–H and O–H groups in total. The van der Waals surface area contributed by atoms with Gasteiger partial charge in [-0.15, -0.1) is 0 Å². The maximum atomic E-state index is 13.5. The van der Waals surface area contributed by atoms with Gasteiger partial charge in [0.1, 0.15) is 5.82 Å². The van der Waals surface area contributed by atoms with Gasteiger partial charge in [0.25, 0.3) is 0 Å². The molecule has 0 aliphatic carbocycles. The summed E-state index contributed by atoms with van der Waals surface area (Å²) in [6, 6.07) is 9.37. The average Bonchev–Trinajstić information content (AvgIpc) is 3.25. The Kier molecular flexibility index (Phi) is 7.51. The van der Waals surface area contributed by atoms with Crippen LogP contribution >= 0.6 is 11.8 Å². The summed E-state index contributed by atoms with van der Waals surface area (Å²) in [6.07, 6.45) is 3.45. The Morgan fingerprint density at radius 2 is 1.87 bits per heavy atom. The summed E-state index contributed by atoms with van der Waals surface area (Å²) in [5.41, 5.74) is -0.951. The third-order valence-corrected chi connectivity index (χ3v) is 5.24. The standard InChI is InChI=1S/C22H19F4N3OS/c23-17-4-7-18(8-5-17)31-19-6-2-16(20(14-19)22(24,25)26)3-9-21(30)28-10-1-12-29-13-11-27-15-29/h2-9,11,13-15H,1,10,12H2,(H,28,30). The van der Waals surface area contributed by atoms with Gasteiger partial charge in [-0.3, -0.25) is 4.79 Å². The Balaban J connectivity index is 1.63. The normalized spacial score (nSPS) is 11.7. The molecule has 1 aromatic heterocycles. The first kappa shape index (κ1) is 22.6. The van der Waals surface area contributed by atoms with Crippen molar-refractivity contribution in [1.82, 2.24) is 14.9 Å². The van der Waals surface area contributed by atoms with Crippen molar-refractivity contribution in [3.8, 4) is 0 Å². The van der Waals surface area contributed by atoms with Crippen molar-refractivity contribution in [2.75, 3.05) is 6.54 Å². The van der Waals surface area contributed by atoms with Crippen LogP contribution in [0.3, 0.4) is 0 Å². The molecule has 0 saturated carbocycles. The molecule has 4 nitrogen and oxygen atoms in total. The van der Waals surface area contributed by atoms with Crippen LogP contribution in [-0.4, -0.2) is 22.0 Å². The predicted octanol–water partition coefficient (Wildman–Crippen LogP) is 5.41. The van der Waals surface area contributed by atoms with E-state index < -0.39 is 23.5 Å². The van der Waals surface area contributed by atoms with Gasteiger partial charge in [0, 0.05) is 41.4 Å². The monoisotopic (exact) mass is 449 g/mol. The van der Waals surface area contributed by atoms with Gasteiger partial charge in [0.2, 0.25) is 5.91 Å². The second kappa shape index (κ2) is 10.3. The molecule has 0 fully saturated rings. The number of aromatic nitrogens is 2. The Bertz CT molecular complexity index is 1030. The van der Waals surface area contributed by atoms with Crippen LogP contribution in [0.2, 0.25) is 0 Å². The number of carbonyl (C=O) groups excluding carboxylic acids is 1. The highest BCUT2D eigenvalue weighted by Crippen LogP contribution is 2.37. The Morgan fingerprint density at radius 1 is 1.13 bits per heavy atom. The summed E-state index contributed by atoms with van der Waals surface area (Å²) < 4.78 is 55.5. The van der Waals surface area contributed by atoms with Crippen LogP contribution < -0.4 is 5.32 Å². The maximum absolute atomic E-state index is 13.5. The molecule has 0 spiro atoms. The van der Waals surface area contributed by atoms with E-state index in [0.29, 0.717) is 29.3 Å². The molecule has 162 valence electrons. The molecule has 1 heterocycles. The summed E-state index contributed by atoms with van der Waals surface area (Å²) in [5.74, 6) is -0.885. The highest BCUT2D eigenvalue weighted by Gasteiger charge is 2.33. The SMILES string of the molecule is O=C(C=Cc1ccc(Sc2ccc(F)cc2)cc1C(F)(F)F)NCCCn1ccnc1. The van der Waals surface area contributed by atoms with E-state index in [4.69, 9.17) is 0 Å². The zero-order valence-electron chi connectivity index (χ0n) is 16.3. The molecule has 9 heteroatoms. The number of imidazole rings is 1. The smallest absolute Gasteiger partial charge is 0.352 e. The van der Waals surface area contributed by atoms with Crippen LogP contribution in [0.25, 0.3) is 6.08 Å². The number of hydrogen-bond acceptors (Lipinski definition) is 3. The van der Waals surface area contributed by atoms with E-state index in [9.17, 15) is 22.4 Å². The van der Waals surface area contributed by atoms with Crippen molar-refractivity contribution in [2.45, 2.75) is 28.9 Å². The van der Waals surface area contributed by atoms with Gasteiger partial charge in [0.05, 0.1) is 11.9 Å². The lowest BCUT2D eigenvalue weighted by atomic mass is 10.1. The van der Waals surface area contributed by atoms with Crippen LogP contribution in [0.1, 0.15) is 17.5 Å². The highest BCUT2D eigenvalue weighted by atomic mass is 32.2. The minimum absolute atomic E-state index is 0.107. The molecule has 0 bridgehead atoms. The molecular formula is C22H19F4N3OS. The lowest BCUT2D eigenvalue weighted by Crippen LogP contribution is -2.23. The lowest BCUT2D eigenvalue weighted by Gasteiger charge is -2.12. The first-order chi connectivity index (χ1) is 14.8. The van der Waals surface area contributed by atoms with E-state index >= 15 is 0 Å². The minimum Gasteiger partial charge on any atom is -0.352 e. The fourth-order valence-corrected chi connectivity index (χ4v) is 3.60. The third-order valence-electron chi connectivity index (χ3n) is 4.25. The second-order valence-electron chi connectivity index (χ2n) is 6.58. The molecule has 0 saturated heterocycles. The van der Waals surface area contributed by atoms with Crippen LogP contribution in [0.5, 0.6) is 0 Å². The summed E-state index contributed by atoms with van der Waals surface area (Å²) >= 11 is 1.10. The number of nitrogens with one attached hydrogen (secondary N) is 1. The Morgan fingerprint density at radius 3 is 2.55 bits per heavy atom. The van der Waals surface area contributed by atoms with Crippen molar-refractivity contribution < 1.29 is 22.4 Å². The van der Waals surface area contributed by atoms with Crippen molar-refractivity contribution in [3.05, 3.63) is 84.2 Å². The van der Waals surface area contributed by atoms with E-state index in [1.807, 2.05) is 4.57 Å². The third kappa shape index (κ3) is 6.99. The number of amides is 1. The van der Waals surface area contributed by atoms with Gasteiger partial charge in [-0.1, -0.05) is 17.8 Å². The fraction of sp³-hybridized carbons (Fsp3) is 0.182. The maximum Gasteiger partial charge on any atom is 0.417 e. The van der Waals surface area contributed by atoms with Gasteiger partial charge < -0.3 is 9.88 Å². The molecule has 0 atom stereocenters. The molecule has 0 unspecified atom stereocenters. The van der Waals surface area contributed by atoms with E-state index in [2.05, 4.69) is 10.3 Å². The second-order valence-corrected chi connectivity index (χ2v) is 7.73. The van der Waals surface area contributed by atoms with Crippen molar-refractivity contribution in [3.63, 3.8) is 0 Å². The van der Waals surface area contributed by atoms with Gasteiger partial charge in [0.15, 0.2) is 0 Å². The van der Waals surface area contributed by atoms with Gasteiger partial charge >= 0.3 is 6.18 Å². The summed E-state index contributed by atoms with van der Waals surface area (Å²) in [6.45, 7) is 1.07. The predicted molar refractivity (Wildman–Crippen MR) is 111 cm³/mol. The largest absolute Gasteiger partial charge is 0.417 e. The topological polar surface area (TPSA) is 46.9 Å². The number of rotatable bonds is 8. The molecule has 1 amide bonds. The molecule has 3 rings (SSSR count). The zero-order chi connectivity index (χ0) is 22.3. The van der Waals surface area contributed by atoms with Crippen LogP contribution in [-0.2, 0) is 17.5 Å². The van der Waals surface area contributed by atoms with Crippen molar-refractivity contribution >= 4 is 23.7 Å². The molecule has 0 aliphatic heterocycles. The summed E-state index contributed by atoms with van der Waals surface area (Å²) in [5, 5.41) is 2.65. The van der Waals surface area contributed by atoms with Gasteiger partial charge in [-0.05, 0) is 54.5 Å². The molecule has 3 aromatic rings. The van der Waals surface area contributed by atoms with Gasteiger partial charge in [-0.2, -0.15) is 13.2 Å².